The molecular formula is C15H14Cl2N4O2S. The van der Waals surface area contributed by atoms with Crippen molar-refractivity contribution in [1.82, 2.24) is 15.0 Å². The summed E-state index contributed by atoms with van der Waals surface area (Å²) < 4.78 is 0.0960. The maximum Gasteiger partial charge on any atom is 0.280 e. The molecule has 1 atom stereocenters. The zero-order chi connectivity index (χ0) is 17.7. The van der Waals surface area contributed by atoms with Crippen molar-refractivity contribution in [2.45, 2.75) is 24.6 Å². The van der Waals surface area contributed by atoms with Crippen molar-refractivity contribution in [1.29, 1.82) is 0 Å². The van der Waals surface area contributed by atoms with Crippen LogP contribution in [0.3, 0.4) is 0 Å². The number of aromatic nitrogens is 2. The topological polar surface area (TPSA) is 76.0 Å². The molecule has 1 amide bonds. The molecule has 1 aliphatic rings. The van der Waals surface area contributed by atoms with Gasteiger partial charge in [0.15, 0.2) is 5.11 Å². The Morgan fingerprint density at radius 1 is 1.38 bits per heavy atom. The number of amides is 1. The minimum absolute atomic E-state index is 0.0282. The Morgan fingerprint density at radius 2 is 2.00 bits per heavy atom. The lowest BCUT2D eigenvalue weighted by molar-refractivity contribution is -0.124. The second-order valence-electron chi connectivity index (χ2n) is 5.93. The largest absolute Gasteiger partial charge is 0.301 e. The van der Waals surface area contributed by atoms with Crippen LogP contribution in [0.5, 0.6) is 0 Å². The first-order chi connectivity index (χ1) is 11.2. The first-order valence-electron chi connectivity index (χ1n) is 7.14. The monoisotopic (exact) mass is 384 g/mol. The van der Waals surface area contributed by atoms with Gasteiger partial charge in [0.05, 0.1) is 16.3 Å². The summed E-state index contributed by atoms with van der Waals surface area (Å²) in [5.41, 5.74) is 2.07. The number of hydrogen-bond donors (Lipinski definition) is 2. The van der Waals surface area contributed by atoms with E-state index in [0.717, 1.165) is 0 Å². The number of halogens is 2. The number of nitrogens with one attached hydrogen (secondary N) is 2. The molecule has 1 heterocycles. The Bertz CT molecular complexity index is 927. The van der Waals surface area contributed by atoms with E-state index in [4.69, 9.17) is 35.4 Å². The maximum atomic E-state index is 12.5. The van der Waals surface area contributed by atoms with Gasteiger partial charge in [0.25, 0.3) is 5.56 Å². The van der Waals surface area contributed by atoms with Crippen LogP contribution >= 0.6 is 35.4 Å². The number of alkyl halides is 2. The molecule has 6 nitrogen and oxygen atoms in total. The van der Waals surface area contributed by atoms with Gasteiger partial charge in [0.2, 0.25) is 5.91 Å². The number of aryl methyl sites for hydroxylation is 1. The number of thiocarbonyl (C=S) groups is 1. The van der Waals surface area contributed by atoms with E-state index in [2.05, 4.69) is 15.7 Å². The van der Waals surface area contributed by atoms with Crippen LogP contribution in [0, 0.1) is 12.3 Å². The Morgan fingerprint density at radius 3 is 2.62 bits per heavy atom. The van der Waals surface area contributed by atoms with Crippen molar-refractivity contribution in [3.63, 3.8) is 0 Å². The molecule has 2 aromatic rings. The third kappa shape index (κ3) is 2.76. The van der Waals surface area contributed by atoms with Crippen LogP contribution in [0.15, 0.2) is 29.1 Å². The highest BCUT2D eigenvalue weighted by Gasteiger charge is 2.68. The van der Waals surface area contributed by atoms with Crippen molar-refractivity contribution in [2.24, 2.45) is 5.41 Å². The summed E-state index contributed by atoms with van der Waals surface area (Å²) >= 11 is 17.1. The third-order valence-electron chi connectivity index (χ3n) is 4.14. The number of benzene rings is 1. The molecular weight excluding hydrogens is 371 g/mol. The normalized spacial score (nSPS) is 21.3. The van der Waals surface area contributed by atoms with Crippen LogP contribution in [0.1, 0.15) is 19.2 Å². The molecule has 0 spiro atoms. The van der Waals surface area contributed by atoms with Crippen molar-refractivity contribution >= 4 is 57.3 Å². The average Bonchev–Trinajstić information content (AvgIpc) is 3.03. The second kappa shape index (κ2) is 5.68. The predicted molar refractivity (Wildman–Crippen MR) is 98.0 cm³/mol. The van der Waals surface area contributed by atoms with Crippen LogP contribution in [0.25, 0.3) is 10.9 Å². The Kier molecular flexibility index (Phi) is 4.06. The van der Waals surface area contributed by atoms with Crippen molar-refractivity contribution < 1.29 is 4.79 Å². The smallest absolute Gasteiger partial charge is 0.280 e. The number of hydrogen-bond acceptors (Lipinski definition) is 4. The second-order valence-corrected chi connectivity index (χ2v) is 7.82. The lowest BCUT2D eigenvalue weighted by Crippen LogP contribution is -2.45. The van der Waals surface area contributed by atoms with Gasteiger partial charge in [-0.2, -0.15) is 0 Å². The van der Waals surface area contributed by atoms with Crippen LogP contribution in [-0.4, -0.2) is 25.0 Å². The fraction of sp³-hybridized carbons (Fsp3) is 0.333. The number of carbonyl (C=O) groups excluding carboxylic acids is 1. The first kappa shape index (κ1) is 17.1. The molecule has 3 rings (SSSR count). The highest BCUT2D eigenvalue weighted by molar-refractivity contribution is 7.80. The molecule has 1 aromatic heterocycles. The van der Waals surface area contributed by atoms with Crippen LogP contribution < -0.4 is 16.3 Å². The van der Waals surface area contributed by atoms with Crippen LogP contribution in [0.2, 0.25) is 0 Å². The van der Waals surface area contributed by atoms with Gasteiger partial charge in [-0.05, 0) is 44.6 Å². The van der Waals surface area contributed by atoms with Gasteiger partial charge in [-0.3, -0.25) is 15.0 Å². The van der Waals surface area contributed by atoms with Gasteiger partial charge in [0.1, 0.15) is 10.2 Å². The molecule has 2 N–H and O–H groups in total. The highest BCUT2D eigenvalue weighted by atomic mass is 35.5. The molecule has 1 saturated carbocycles. The Labute approximate surface area is 153 Å². The first-order valence-corrected chi connectivity index (χ1v) is 8.31. The van der Waals surface area contributed by atoms with E-state index in [1.165, 1.54) is 4.68 Å². The van der Waals surface area contributed by atoms with Gasteiger partial charge < -0.3 is 5.32 Å². The van der Waals surface area contributed by atoms with Gasteiger partial charge >= 0.3 is 0 Å². The summed E-state index contributed by atoms with van der Waals surface area (Å²) in [7, 11) is 0. The molecule has 24 heavy (non-hydrogen) atoms. The third-order valence-corrected chi connectivity index (χ3v) is 5.44. The standard InChI is InChI=1S/C15H14Cl2N4O2S/c1-8-18-10-6-4-3-5-9(10)11(22)21(8)20-13(24)19-12(23)14(2)7-15(14,16)17/h3-6H,7H2,1-2H3,(H2,19,20,23,24)/t14-/m0/s1. The van der Waals surface area contributed by atoms with Crippen molar-refractivity contribution in [3.05, 3.63) is 40.4 Å². The summed E-state index contributed by atoms with van der Waals surface area (Å²) in [5.74, 6) is 0.0152. The fourth-order valence-corrected chi connectivity index (χ4v) is 3.28. The molecule has 1 fully saturated rings. The SMILES string of the molecule is Cc1nc2ccccc2c(=O)n1NC(=S)NC(=O)[C@]1(C)CC1(Cl)Cl. The van der Waals surface area contributed by atoms with Gasteiger partial charge in [-0.25, -0.2) is 9.66 Å². The lowest BCUT2D eigenvalue weighted by Gasteiger charge is -2.16. The van der Waals surface area contributed by atoms with Crippen molar-refractivity contribution in [2.75, 3.05) is 5.43 Å². The van der Waals surface area contributed by atoms with E-state index in [1.807, 2.05) is 0 Å². The van der Waals surface area contributed by atoms with E-state index >= 15 is 0 Å². The Balaban J connectivity index is 1.82. The summed E-state index contributed by atoms with van der Waals surface area (Å²) in [6, 6.07) is 6.98. The van der Waals surface area contributed by atoms with Crippen LogP contribution in [0.4, 0.5) is 0 Å². The summed E-state index contributed by atoms with van der Waals surface area (Å²) in [6.45, 7) is 3.32. The number of rotatable bonds is 2. The van der Waals surface area contributed by atoms with E-state index in [1.54, 1.807) is 38.1 Å². The molecule has 0 aliphatic heterocycles. The molecule has 0 radical (unpaired) electrons. The summed E-state index contributed by atoms with van der Waals surface area (Å²) in [4.78, 5) is 29.1. The molecule has 0 bridgehead atoms. The zero-order valence-electron chi connectivity index (χ0n) is 12.9. The molecule has 0 unspecified atom stereocenters. The molecule has 9 heteroatoms. The molecule has 126 valence electrons. The van der Waals surface area contributed by atoms with Crippen LogP contribution in [-0.2, 0) is 4.79 Å². The van der Waals surface area contributed by atoms with Crippen molar-refractivity contribution in [3.8, 4) is 0 Å². The van der Waals surface area contributed by atoms with E-state index in [9.17, 15) is 9.59 Å². The van der Waals surface area contributed by atoms with E-state index < -0.39 is 15.7 Å². The number of nitrogens with zero attached hydrogens (tertiary/aromatic N) is 2. The minimum Gasteiger partial charge on any atom is -0.301 e. The number of carbonyl (C=O) groups is 1. The van der Waals surface area contributed by atoms with E-state index in [0.29, 0.717) is 23.1 Å². The maximum absolute atomic E-state index is 12.5. The predicted octanol–water partition coefficient (Wildman–Crippen LogP) is 2.23. The van der Waals surface area contributed by atoms with E-state index in [-0.39, 0.29) is 10.7 Å². The number of fused-ring (bicyclic) bond motifs is 1. The number of para-hydroxylation sites is 1. The lowest BCUT2D eigenvalue weighted by atomic mass is 10.1. The summed E-state index contributed by atoms with van der Waals surface area (Å²) in [5, 5.41) is 2.93. The van der Waals surface area contributed by atoms with Gasteiger partial charge in [-0.15, -0.1) is 23.2 Å². The van der Waals surface area contributed by atoms with Gasteiger partial charge in [-0.1, -0.05) is 12.1 Å². The zero-order valence-corrected chi connectivity index (χ0v) is 15.2. The molecule has 1 aliphatic carbocycles. The fourth-order valence-electron chi connectivity index (χ4n) is 2.39. The highest BCUT2D eigenvalue weighted by Crippen LogP contribution is 2.63. The van der Waals surface area contributed by atoms with Gasteiger partial charge in [0, 0.05) is 0 Å². The molecule has 1 aromatic carbocycles. The molecule has 0 saturated heterocycles. The quantitative estimate of drug-likeness (QED) is 0.613. The average molecular weight is 385 g/mol. The Hall–Kier alpha value is -1.70. The minimum atomic E-state index is -1.09. The summed E-state index contributed by atoms with van der Waals surface area (Å²) in [6.07, 6.45) is 0.341.